The molecule has 0 radical (unpaired) electrons. The summed E-state index contributed by atoms with van der Waals surface area (Å²) >= 11 is 0.937. The molecule has 1 aliphatic heterocycles. The van der Waals surface area contributed by atoms with Crippen LogP contribution in [0.15, 0.2) is 71.6 Å². The Morgan fingerprint density at radius 3 is 2.40 bits per heavy atom. The van der Waals surface area contributed by atoms with Crippen LogP contribution in [-0.4, -0.2) is 28.6 Å². The van der Waals surface area contributed by atoms with Crippen molar-refractivity contribution in [3.05, 3.63) is 99.5 Å². The Balaban J connectivity index is 1.34. The number of hydrogen-bond acceptors (Lipinski definition) is 5. The topological polar surface area (TPSA) is 75.7 Å². The van der Waals surface area contributed by atoms with E-state index in [9.17, 15) is 14.4 Å². The van der Waals surface area contributed by atoms with Crippen molar-refractivity contribution in [2.75, 3.05) is 11.9 Å². The third kappa shape index (κ3) is 6.00. The number of nitrogens with one attached hydrogen (secondary N) is 1. The number of amides is 3. The standard InChI is InChI=1S/C28H26N2O4S/c1-18-8-11-23(14-20(18)3)29-26(31)17-34-24-12-9-21(10-13-24)15-25-27(32)30(28(33)35-25)16-22-7-5-4-6-19(22)2/h4-15H,16-17H2,1-3H3,(H,29,31)/b25-15-. The molecule has 1 saturated heterocycles. The highest BCUT2D eigenvalue weighted by molar-refractivity contribution is 8.18. The van der Waals surface area contributed by atoms with E-state index in [1.54, 1.807) is 30.3 Å². The van der Waals surface area contributed by atoms with Gasteiger partial charge < -0.3 is 10.1 Å². The molecule has 178 valence electrons. The molecule has 1 fully saturated rings. The molecule has 0 aliphatic carbocycles. The number of hydrogen-bond donors (Lipinski definition) is 1. The molecule has 1 aliphatic rings. The molecule has 7 heteroatoms. The molecular weight excluding hydrogens is 460 g/mol. The average Bonchev–Trinajstić information content (AvgIpc) is 3.09. The molecule has 0 spiro atoms. The monoisotopic (exact) mass is 486 g/mol. The van der Waals surface area contributed by atoms with E-state index in [2.05, 4.69) is 5.32 Å². The highest BCUT2D eigenvalue weighted by atomic mass is 32.2. The van der Waals surface area contributed by atoms with Crippen LogP contribution in [0.1, 0.15) is 27.8 Å². The number of rotatable bonds is 7. The van der Waals surface area contributed by atoms with E-state index in [0.717, 1.165) is 45.3 Å². The van der Waals surface area contributed by atoms with E-state index in [4.69, 9.17) is 4.74 Å². The molecule has 35 heavy (non-hydrogen) atoms. The minimum absolute atomic E-state index is 0.121. The number of carbonyl (C=O) groups excluding carboxylic acids is 3. The summed E-state index contributed by atoms with van der Waals surface area (Å²) in [4.78, 5) is 39.1. The second-order valence-corrected chi connectivity index (χ2v) is 9.39. The van der Waals surface area contributed by atoms with Gasteiger partial charge in [0.1, 0.15) is 5.75 Å². The van der Waals surface area contributed by atoms with E-state index in [1.165, 1.54) is 4.90 Å². The Bertz CT molecular complexity index is 1310. The maximum atomic E-state index is 12.8. The second kappa shape index (κ2) is 10.6. The number of nitrogens with zero attached hydrogens (tertiary/aromatic N) is 1. The van der Waals surface area contributed by atoms with Crippen LogP contribution in [0.3, 0.4) is 0 Å². The summed E-state index contributed by atoms with van der Waals surface area (Å²) in [6.45, 7) is 6.11. The van der Waals surface area contributed by atoms with Gasteiger partial charge >= 0.3 is 0 Å². The third-order valence-electron chi connectivity index (χ3n) is 5.80. The normalized spacial score (nSPS) is 14.5. The number of ether oxygens (including phenoxy) is 1. The first kappa shape index (κ1) is 24.3. The first-order chi connectivity index (χ1) is 16.8. The fraction of sp³-hybridized carbons (Fsp3) is 0.179. The van der Waals surface area contributed by atoms with Crippen molar-refractivity contribution in [1.82, 2.24) is 4.90 Å². The highest BCUT2D eigenvalue weighted by Gasteiger charge is 2.35. The van der Waals surface area contributed by atoms with Gasteiger partial charge in [0.25, 0.3) is 17.1 Å². The number of aryl methyl sites for hydroxylation is 3. The Kier molecular flexibility index (Phi) is 7.36. The van der Waals surface area contributed by atoms with E-state index in [1.807, 2.05) is 63.2 Å². The fourth-order valence-corrected chi connectivity index (χ4v) is 4.41. The number of imide groups is 1. The molecule has 0 atom stereocenters. The number of carbonyl (C=O) groups is 3. The van der Waals surface area contributed by atoms with Gasteiger partial charge in [-0.15, -0.1) is 0 Å². The number of thioether (sulfide) groups is 1. The summed E-state index contributed by atoms with van der Waals surface area (Å²) in [6.07, 6.45) is 1.69. The summed E-state index contributed by atoms with van der Waals surface area (Å²) in [7, 11) is 0. The number of anilines is 1. The van der Waals surface area contributed by atoms with E-state index >= 15 is 0 Å². The molecule has 6 nitrogen and oxygen atoms in total. The fourth-order valence-electron chi connectivity index (χ4n) is 3.57. The van der Waals surface area contributed by atoms with Gasteiger partial charge in [0, 0.05) is 5.69 Å². The van der Waals surface area contributed by atoms with Gasteiger partial charge in [-0.05, 0) is 90.7 Å². The average molecular weight is 487 g/mol. The van der Waals surface area contributed by atoms with Crippen molar-refractivity contribution in [2.24, 2.45) is 0 Å². The van der Waals surface area contributed by atoms with Gasteiger partial charge in [0.15, 0.2) is 6.61 Å². The van der Waals surface area contributed by atoms with Crippen LogP contribution >= 0.6 is 11.8 Å². The molecule has 3 amide bonds. The summed E-state index contributed by atoms with van der Waals surface area (Å²) < 4.78 is 5.58. The molecule has 0 aromatic heterocycles. The summed E-state index contributed by atoms with van der Waals surface area (Å²) in [6, 6.07) is 20.5. The summed E-state index contributed by atoms with van der Waals surface area (Å²) in [5.41, 5.74) is 5.74. The lowest BCUT2D eigenvalue weighted by Crippen LogP contribution is -2.27. The van der Waals surface area contributed by atoms with Gasteiger partial charge in [0.2, 0.25) is 0 Å². The predicted octanol–water partition coefficient (Wildman–Crippen LogP) is 5.87. The molecule has 1 N–H and O–H groups in total. The zero-order valence-electron chi connectivity index (χ0n) is 19.8. The second-order valence-electron chi connectivity index (χ2n) is 8.40. The lowest BCUT2D eigenvalue weighted by molar-refractivity contribution is -0.123. The van der Waals surface area contributed by atoms with Crippen LogP contribution in [0.4, 0.5) is 10.5 Å². The molecule has 0 unspecified atom stereocenters. The van der Waals surface area contributed by atoms with Gasteiger partial charge in [-0.2, -0.15) is 0 Å². The maximum Gasteiger partial charge on any atom is 0.293 e. The Morgan fingerprint density at radius 2 is 1.69 bits per heavy atom. The SMILES string of the molecule is Cc1ccc(NC(=O)COc2ccc(/C=C3\SC(=O)N(Cc4ccccc4C)C3=O)cc2)cc1C. The van der Waals surface area contributed by atoms with Crippen molar-refractivity contribution >= 4 is 40.6 Å². The molecule has 0 bridgehead atoms. The molecule has 3 aromatic carbocycles. The van der Waals surface area contributed by atoms with Crippen molar-refractivity contribution in [2.45, 2.75) is 27.3 Å². The predicted molar refractivity (Wildman–Crippen MR) is 139 cm³/mol. The largest absolute Gasteiger partial charge is 0.484 e. The van der Waals surface area contributed by atoms with E-state index < -0.39 is 0 Å². The highest BCUT2D eigenvalue weighted by Crippen LogP contribution is 2.33. The van der Waals surface area contributed by atoms with Crippen LogP contribution in [-0.2, 0) is 16.1 Å². The van der Waals surface area contributed by atoms with Crippen LogP contribution in [0.2, 0.25) is 0 Å². The smallest absolute Gasteiger partial charge is 0.293 e. The van der Waals surface area contributed by atoms with Gasteiger partial charge in [-0.3, -0.25) is 19.3 Å². The minimum Gasteiger partial charge on any atom is -0.484 e. The number of benzene rings is 3. The van der Waals surface area contributed by atoms with Crippen LogP contribution in [0.5, 0.6) is 5.75 Å². The third-order valence-corrected chi connectivity index (χ3v) is 6.71. The van der Waals surface area contributed by atoms with E-state index in [0.29, 0.717) is 10.7 Å². The lowest BCUT2D eigenvalue weighted by atomic mass is 10.1. The Morgan fingerprint density at radius 1 is 0.943 bits per heavy atom. The first-order valence-electron chi connectivity index (χ1n) is 11.2. The zero-order valence-corrected chi connectivity index (χ0v) is 20.6. The van der Waals surface area contributed by atoms with Gasteiger partial charge in [-0.1, -0.05) is 42.5 Å². The quantitative estimate of drug-likeness (QED) is 0.423. The van der Waals surface area contributed by atoms with Crippen LogP contribution in [0.25, 0.3) is 6.08 Å². The maximum absolute atomic E-state index is 12.8. The van der Waals surface area contributed by atoms with Crippen molar-refractivity contribution in [1.29, 1.82) is 0 Å². The lowest BCUT2D eigenvalue weighted by Gasteiger charge is -2.14. The molecule has 4 rings (SSSR count). The minimum atomic E-state index is -0.299. The Hall–Kier alpha value is -3.84. The van der Waals surface area contributed by atoms with E-state index in [-0.39, 0.29) is 30.2 Å². The molecule has 0 saturated carbocycles. The van der Waals surface area contributed by atoms with Crippen molar-refractivity contribution in [3.63, 3.8) is 0 Å². The van der Waals surface area contributed by atoms with Crippen molar-refractivity contribution < 1.29 is 19.1 Å². The van der Waals surface area contributed by atoms with Gasteiger partial charge in [-0.25, -0.2) is 0 Å². The molecule has 3 aromatic rings. The first-order valence-corrected chi connectivity index (χ1v) is 12.0. The van der Waals surface area contributed by atoms with Crippen molar-refractivity contribution in [3.8, 4) is 5.75 Å². The summed E-state index contributed by atoms with van der Waals surface area (Å²) in [5.74, 6) is -0.0173. The summed E-state index contributed by atoms with van der Waals surface area (Å²) in [5, 5.41) is 2.54. The zero-order chi connectivity index (χ0) is 24.9. The molecular formula is C28H26N2O4S. The van der Waals surface area contributed by atoms with Crippen LogP contribution < -0.4 is 10.1 Å². The molecule has 1 heterocycles. The van der Waals surface area contributed by atoms with Crippen LogP contribution in [0, 0.1) is 20.8 Å². The van der Waals surface area contributed by atoms with Gasteiger partial charge in [0.05, 0.1) is 11.4 Å². The Labute approximate surface area is 209 Å².